The zero-order chi connectivity index (χ0) is 21.0. The number of nitro groups is 1. The van der Waals surface area contributed by atoms with Gasteiger partial charge in [-0.25, -0.2) is 13.4 Å². The molecule has 0 atom stereocenters. The SMILES string of the molecule is COc1ccc([N+](=O)[O-])cc1S(=O)(=O)NNC(=O)c1cncn1-c1ccccc1. The van der Waals surface area contributed by atoms with E-state index in [1.54, 1.807) is 30.3 Å². The number of imidazole rings is 1. The van der Waals surface area contributed by atoms with Crippen LogP contribution < -0.4 is 15.0 Å². The van der Waals surface area contributed by atoms with Gasteiger partial charge in [-0.3, -0.25) is 24.9 Å². The van der Waals surface area contributed by atoms with Gasteiger partial charge in [-0.1, -0.05) is 18.2 Å². The number of hydrogen-bond acceptors (Lipinski definition) is 7. The van der Waals surface area contributed by atoms with Crippen molar-refractivity contribution in [3.63, 3.8) is 0 Å². The average Bonchev–Trinajstić information content (AvgIpc) is 3.22. The van der Waals surface area contributed by atoms with Crippen molar-refractivity contribution in [2.24, 2.45) is 0 Å². The predicted molar refractivity (Wildman–Crippen MR) is 101 cm³/mol. The Morgan fingerprint density at radius 2 is 1.93 bits per heavy atom. The van der Waals surface area contributed by atoms with E-state index < -0.39 is 31.4 Å². The number of methoxy groups -OCH3 is 1. The summed E-state index contributed by atoms with van der Waals surface area (Å²) >= 11 is 0. The lowest BCUT2D eigenvalue weighted by Crippen LogP contribution is -2.42. The molecule has 0 radical (unpaired) electrons. The number of para-hydroxylation sites is 1. The summed E-state index contributed by atoms with van der Waals surface area (Å²) in [7, 11) is -3.14. The minimum Gasteiger partial charge on any atom is -0.495 e. The van der Waals surface area contributed by atoms with E-state index in [0.29, 0.717) is 5.69 Å². The molecule has 1 amide bonds. The molecule has 0 fully saturated rings. The van der Waals surface area contributed by atoms with E-state index in [1.807, 2.05) is 4.83 Å². The highest BCUT2D eigenvalue weighted by molar-refractivity contribution is 7.89. The van der Waals surface area contributed by atoms with Crippen LogP contribution in [-0.4, -0.2) is 35.9 Å². The molecule has 29 heavy (non-hydrogen) atoms. The number of nitrogens with one attached hydrogen (secondary N) is 2. The Bertz CT molecular complexity index is 1160. The first kappa shape index (κ1) is 20.0. The molecule has 0 aliphatic heterocycles. The van der Waals surface area contributed by atoms with Gasteiger partial charge < -0.3 is 4.74 Å². The number of rotatable bonds is 7. The van der Waals surface area contributed by atoms with Crippen molar-refractivity contribution in [2.75, 3.05) is 7.11 Å². The van der Waals surface area contributed by atoms with E-state index in [9.17, 15) is 23.3 Å². The second kappa shape index (κ2) is 8.08. The number of carbonyl (C=O) groups excluding carboxylic acids is 1. The highest BCUT2D eigenvalue weighted by Gasteiger charge is 2.24. The fraction of sp³-hybridized carbons (Fsp3) is 0.0588. The Balaban J connectivity index is 1.83. The number of non-ortho nitro benzene ring substituents is 1. The van der Waals surface area contributed by atoms with Crippen molar-refractivity contribution in [3.05, 3.63) is 76.9 Å². The van der Waals surface area contributed by atoms with Crippen molar-refractivity contribution in [1.82, 2.24) is 19.8 Å². The van der Waals surface area contributed by atoms with Gasteiger partial charge in [0.05, 0.1) is 24.6 Å². The first-order valence-electron chi connectivity index (χ1n) is 8.06. The average molecular weight is 417 g/mol. The Morgan fingerprint density at radius 3 is 2.59 bits per heavy atom. The molecule has 3 aromatic rings. The molecule has 0 aliphatic carbocycles. The molecule has 11 nitrogen and oxygen atoms in total. The standard InChI is InChI=1S/C17H15N5O6S/c1-28-15-8-7-13(22(24)25)9-16(15)29(26,27)20-19-17(23)14-10-18-11-21(14)12-5-3-2-4-6-12/h2-11,20H,1H3,(H,19,23). The maximum Gasteiger partial charge on any atom is 0.284 e. The molecule has 0 aliphatic rings. The fourth-order valence-corrected chi connectivity index (χ4v) is 3.51. The molecule has 3 rings (SSSR count). The Morgan fingerprint density at radius 1 is 1.21 bits per heavy atom. The first-order chi connectivity index (χ1) is 13.8. The van der Waals surface area contributed by atoms with E-state index in [2.05, 4.69) is 10.4 Å². The van der Waals surface area contributed by atoms with E-state index in [0.717, 1.165) is 18.2 Å². The van der Waals surface area contributed by atoms with E-state index >= 15 is 0 Å². The molecule has 0 spiro atoms. The maximum absolute atomic E-state index is 12.6. The molecule has 2 N–H and O–H groups in total. The topological polar surface area (TPSA) is 145 Å². The first-order valence-corrected chi connectivity index (χ1v) is 9.54. The quantitative estimate of drug-likeness (QED) is 0.436. The highest BCUT2D eigenvalue weighted by Crippen LogP contribution is 2.27. The van der Waals surface area contributed by atoms with Gasteiger partial charge in [-0.05, 0) is 18.2 Å². The summed E-state index contributed by atoms with van der Waals surface area (Å²) in [6.07, 6.45) is 2.67. The summed E-state index contributed by atoms with van der Waals surface area (Å²) < 4.78 is 31.6. The molecule has 0 saturated heterocycles. The van der Waals surface area contributed by atoms with Gasteiger partial charge in [0.15, 0.2) is 0 Å². The van der Waals surface area contributed by atoms with Crippen LogP contribution in [0.15, 0.2) is 66.0 Å². The number of ether oxygens (including phenoxy) is 1. The molecule has 1 aromatic heterocycles. The number of carbonyl (C=O) groups is 1. The van der Waals surface area contributed by atoms with Crippen molar-refractivity contribution < 1.29 is 22.9 Å². The van der Waals surface area contributed by atoms with Crippen LogP contribution in [0, 0.1) is 10.1 Å². The third-order valence-corrected chi connectivity index (χ3v) is 5.12. The number of amides is 1. The number of benzene rings is 2. The lowest BCUT2D eigenvalue weighted by molar-refractivity contribution is -0.385. The van der Waals surface area contributed by atoms with Crippen LogP contribution >= 0.6 is 0 Å². The van der Waals surface area contributed by atoms with E-state index in [4.69, 9.17) is 4.74 Å². The van der Waals surface area contributed by atoms with Crippen molar-refractivity contribution in [2.45, 2.75) is 4.90 Å². The van der Waals surface area contributed by atoms with Crippen LogP contribution in [0.2, 0.25) is 0 Å². The molecular formula is C17H15N5O6S. The largest absolute Gasteiger partial charge is 0.495 e. The second-order valence-electron chi connectivity index (χ2n) is 5.64. The summed E-state index contributed by atoms with van der Waals surface area (Å²) in [5.74, 6) is -0.897. The summed E-state index contributed by atoms with van der Waals surface area (Å²) in [4.78, 5) is 28.0. The number of sulfonamides is 1. The van der Waals surface area contributed by atoms with Gasteiger partial charge in [0.1, 0.15) is 16.3 Å². The Hall–Kier alpha value is -3.77. The molecule has 0 saturated carbocycles. The van der Waals surface area contributed by atoms with Gasteiger partial charge >= 0.3 is 0 Å². The molecule has 150 valence electrons. The lowest BCUT2D eigenvalue weighted by Gasteiger charge is -2.12. The zero-order valence-corrected chi connectivity index (χ0v) is 15.8. The monoisotopic (exact) mass is 417 g/mol. The predicted octanol–water partition coefficient (Wildman–Crippen LogP) is 1.41. The van der Waals surface area contributed by atoms with Gasteiger partial charge in [0.25, 0.3) is 21.6 Å². The number of aromatic nitrogens is 2. The molecule has 0 bridgehead atoms. The molecular weight excluding hydrogens is 402 g/mol. The van der Waals surface area contributed by atoms with Gasteiger partial charge in [-0.2, -0.15) is 0 Å². The normalized spacial score (nSPS) is 11.1. The molecule has 1 heterocycles. The summed E-state index contributed by atoms with van der Waals surface area (Å²) in [6.45, 7) is 0. The fourth-order valence-electron chi connectivity index (χ4n) is 2.48. The molecule has 0 unspecified atom stereocenters. The molecule has 12 heteroatoms. The smallest absolute Gasteiger partial charge is 0.284 e. The minimum atomic E-state index is -4.36. The van der Waals surface area contributed by atoms with Crippen LogP contribution in [-0.2, 0) is 10.0 Å². The third-order valence-electron chi connectivity index (χ3n) is 3.85. The number of hydrazine groups is 1. The van der Waals surface area contributed by atoms with Crippen molar-refractivity contribution in [1.29, 1.82) is 0 Å². The van der Waals surface area contributed by atoms with Crippen LogP contribution in [0.4, 0.5) is 5.69 Å². The summed E-state index contributed by atoms with van der Waals surface area (Å²) in [5.41, 5.74) is 2.35. The van der Waals surface area contributed by atoms with Gasteiger partial charge in [-0.15, -0.1) is 4.83 Å². The van der Waals surface area contributed by atoms with Crippen LogP contribution in [0.5, 0.6) is 5.75 Å². The third kappa shape index (κ3) is 4.23. The molecule has 2 aromatic carbocycles. The Labute approximate surface area is 165 Å². The number of nitro benzene ring substituents is 1. The summed E-state index contributed by atoms with van der Waals surface area (Å²) in [6, 6.07) is 11.9. The van der Waals surface area contributed by atoms with Gasteiger partial charge in [0, 0.05) is 17.8 Å². The zero-order valence-electron chi connectivity index (χ0n) is 15.0. The summed E-state index contributed by atoms with van der Waals surface area (Å²) in [5, 5.41) is 10.9. The van der Waals surface area contributed by atoms with Crippen LogP contribution in [0.1, 0.15) is 10.5 Å². The maximum atomic E-state index is 12.6. The van der Waals surface area contributed by atoms with Crippen molar-refractivity contribution in [3.8, 4) is 11.4 Å². The lowest BCUT2D eigenvalue weighted by atomic mass is 10.3. The van der Waals surface area contributed by atoms with E-state index in [1.165, 1.54) is 24.2 Å². The van der Waals surface area contributed by atoms with Crippen LogP contribution in [0.25, 0.3) is 5.69 Å². The van der Waals surface area contributed by atoms with E-state index in [-0.39, 0.29) is 11.4 Å². The van der Waals surface area contributed by atoms with Crippen molar-refractivity contribution >= 4 is 21.6 Å². The second-order valence-corrected chi connectivity index (χ2v) is 7.29. The highest BCUT2D eigenvalue weighted by atomic mass is 32.2. The minimum absolute atomic E-state index is 0.0740. The Kier molecular flexibility index (Phi) is 5.57. The number of hydrogen-bond donors (Lipinski definition) is 2. The van der Waals surface area contributed by atoms with Gasteiger partial charge in [0.2, 0.25) is 0 Å². The van der Waals surface area contributed by atoms with Crippen LogP contribution in [0.3, 0.4) is 0 Å². The number of nitrogens with zero attached hydrogens (tertiary/aromatic N) is 3.